The standard InChI is InChI=1S/C22H38O2/c1-3-4-10-19-13-15-20(16-14-19)17-18(2)22(23)24-21-11-8-6-5-7-9-12-21/h17,19-21H,3-16H2,1-2H3/b18-17+. The third-order valence-electron chi connectivity index (χ3n) is 5.99. The Labute approximate surface area is 149 Å². The van der Waals surface area contributed by atoms with Crippen molar-refractivity contribution in [3.63, 3.8) is 0 Å². The fraction of sp³-hybridized carbons (Fsp3) is 0.864. The third-order valence-corrected chi connectivity index (χ3v) is 5.99. The van der Waals surface area contributed by atoms with Gasteiger partial charge in [-0.2, -0.15) is 0 Å². The largest absolute Gasteiger partial charge is 0.459 e. The zero-order chi connectivity index (χ0) is 17.2. The van der Waals surface area contributed by atoms with E-state index >= 15 is 0 Å². The molecule has 2 saturated carbocycles. The summed E-state index contributed by atoms with van der Waals surface area (Å²) in [6.07, 6.45) is 20.1. The molecule has 0 saturated heterocycles. The minimum absolute atomic E-state index is 0.0614. The number of allylic oxidation sites excluding steroid dienone is 1. The van der Waals surface area contributed by atoms with E-state index in [0.29, 0.717) is 5.92 Å². The van der Waals surface area contributed by atoms with Gasteiger partial charge in [-0.05, 0) is 70.1 Å². The number of hydrogen-bond acceptors (Lipinski definition) is 2. The molecule has 2 nitrogen and oxygen atoms in total. The summed E-state index contributed by atoms with van der Waals surface area (Å²) >= 11 is 0. The van der Waals surface area contributed by atoms with E-state index in [1.54, 1.807) is 0 Å². The van der Waals surface area contributed by atoms with Gasteiger partial charge in [0.25, 0.3) is 0 Å². The topological polar surface area (TPSA) is 26.3 Å². The predicted octanol–water partition coefficient (Wildman–Crippen LogP) is 6.59. The summed E-state index contributed by atoms with van der Waals surface area (Å²) in [7, 11) is 0. The highest BCUT2D eigenvalue weighted by atomic mass is 16.5. The number of ether oxygens (including phenoxy) is 1. The van der Waals surface area contributed by atoms with Gasteiger partial charge in [-0.1, -0.05) is 51.5 Å². The summed E-state index contributed by atoms with van der Waals surface area (Å²) in [4.78, 5) is 12.4. The molecule has 0 amide bonds. The van der Waals surface area contributed by atoms with Crippen LogP contribution in [-0.4, -0.2) is 12.1 Å². The van der Waals surface area contributed by atoms with Gasteiger partial charge in [0.1, 0.15) is 6.10 Å². The summed E-state index contributed by atoms with van der Waals surface area (Å²) in [5.41, 5.74) is 0.842. The average Bonchev–Trinajstić information content (AvgIpc) is 2.56. The molecule has 0 aliphatic heterocycles. The van der Waals surface area contributed by atoms with Crippen molar-refractivity contribution >= 4 is 5.97 Å². The molecular weight excluding hydrogens is 296 g/mol. The van der Waals surface area contributed by atoms with E-state index in [1.165, 1.54) is 77.0 Å². The maximum absolute atomic E-state index is 12.4. The molecule has 0 heterocycles. The van der Waals surface area contributed by atoms with Gasteiger partial charge in [0, 0.05) is 5.57 Å². The monoisotopic (exact) mass is 334 g/mol. The first-order chi connectivity index (χ1) is 11.7. The molecule has 0 atom stereocenters. The Balaban J connectivity index is 1.74. The normalized spacial score (nSPS) is 27.3. The Hall–Kier alpha value is -0.790. The van der Waals surface area contributed by atoms with Gasteiger partial charge >= 0.3 is 5.97 Å². The van der Waals surface area contributed by atoms with Crippen molar-refractivity contribution in [1.82, 2.24) is 0 Å². The highest BCUT2D eigenvalue weighted by Crippen LogP contribution is 2.33. The van der Waals surface area contributed by atoms with E-state index in [1.807, 2.05) is 6.92 Å². The highest BCUT2D eigenvalue weighted by molar-refractivity contribution is 5.87. The molecule has 0 N–H and O–H groups in total. The molecule has 2 rings (SSSR count). The van der Waals surface area contributed by atoms with E-state index in [-0.39, 0.29) is 12.1 Å². The van der Waals surface area contributed by atoms with Gasteiger partial charge in [-0.15, -0.1) is 0 Å². The average molecular weight is 335 g/mol. The van der Waals surface area contributed by atoms with Crippen LogP contribution in [0.1, 0.15) is 104 Å². The number of rotatable bonds is 6. The molecule has 0 spiro atoms. The summed E-state index contributed by atoms with van der Waals surface area (Å²) < 4.78 is 5.80. The van der Waals surface area contributed by atoms with Crippen molar-refractivity contribution in [1.29, 1.82) is 0 Å². The van der Waals surface area contributed by atoms with Gasteiger partial charge in [-0.3, -0.25) is 0 Å². The van der Waals surface area contributed by atoms with Crippen LogP contribution in [0.3, 0.4) is 0 Å². The zero-order valence-corrected chi connectivity index (χ0v) is 16.0. The second kappa shape index (κ2) is 10.9. The third kappa shape index (κ3) is 6.99. The number of carbonyl (C=O) groups is 1. The van der Waals surface area contributed by atoms with Gasteiger partial charge in [0.2, 0.25) is 0 Å². The van der Waals surface area contributed by atoms with Crippen LogP contribution in [0.15, 0.2) is 11.6 Å². The number of hydrogen-bond donors (Lipinski definition) is 0. The summed E-state index contributed by atoms with van der Waals surface area (Å²) in [5, 5.41) is 0. The van der Waals surface area contributed by atoms with Crippen molar-refractivity contribution in [2.45, 2.75) is 110 Å². The fourth-order valence-electron chi connectivity index (χ4n) is 4.34. The molecular formula is C22H38O2. The number of unbranched alkanes of at least 4 members (excludes halogenated alkanes) is 1. The van der Waals surface area contributed by atoms with Gasteiger partial charge in [-0.25, -0.2) is 4.79 Å². The first-order valence-electron chi connectivity index (χ1n) is 10.6. The van der Waals surface area contributed by atoms with E-state index in [9.17, 15) is 4.79 Å². The molecule has 0 aromatic heterocycles. The Kier molecular flexibility index (Phi) is 8.91. The van der Waals surface area contributed by atoms with Crippen LogP contribution in [-0.2, 0) is 9.53 Å². The SMILES string of the molecule is CCCCC1CCC(/C=C(\C)C(=O)OC2CCCCCCC2)CC1. The molecule has 24 heavy (non-hydrogen) atoms. The lowest BCUT2D eigenvalue weighted by Crippen LogP contribution is -2.20. The van der Waals surface area contributed by atoms with Gasteiger partial charge in [0.15, 0.2) is 0 Å². The fourth-order valence-corrected chi connectivity index (χ4v) is 4.34. The number of esters is 1. The van der Waals surface area contributed by atoms with Crippen LogP contribution in [0.25, 0.3) is 0 Å². The molecule has 138 valence electrons. The van der Waals surface area contributed by atoms with Crippen LogP contribution in [0, 0.1) is 11.8 Å². The lowest BCUT2D eigenvalue weighted by atomic mass is 9.79. The molecule has 2 aliphatic carbocycles. The van der Waals surface area contributed by atoms with Crippen molar-refractivity contribution in [3.05, 3.63) is 11.6 Å². The Bertz CT molecular complexity index is 383. The highest BCUT2D eigenvalue weighted by Gasteiger charge is 2.21. The molecule has 0 unspecified atom stereocenters. The van der Waals surface area contributed by atoms with Gasteiger partial charge < -0.3 is 4.74 Å². The van der Waals surface area contributed by atoms with Crippen LogP contribution in [0.5, 0.6) is 0 Å². The van der Waals surface area contributed by atoms with Gasteiger partial charge in [0.05, 0.1) is 0 Å². The lowest BCUT2D eigenvalue weighted by Gasteiger charge is -2.27. The zero-order valence-electron chi connectivity index (χ0n) is 16.0. The molecule has 2 heteroatoms. The minimum atomic E-state index is -0.0614. The van der Waals surface area contributed by atoms with E-state index < -0.39 is 0 Å². The summed E-state index contributed by atoms with van der Waals surface area (Å²) in [6.45, 7) is 4.23. The second-order valence-corrected chi connectivity index (χ2v) is 8.15. The maximum atomic E-state index is 12.4. The van der Waals surface area contributed by atoms with Crippen molar-refractivity contribution in [3.8, 4) is 0 Å². The van der Waals surface area contributed by atoms with Crippen LogP contribution < -0.4 is 0 Å². The Morgan fingerprint density at radius 2 is 1.58 bits per heavy atom. The molecule has 0 radical (unpaired) electrons. The van der Waals surface area contributed by atoms with Crippen LogP contribution in [0.2, 0.25) is 0 Å². The Morgan fingerprint density at radius 3 is 2.21 bits per heavy atom. The lowest BCUT2D eigenvalue weighted by molar-refractivity contribution is -0.145. The first kappa shape index (κ1) is 19.5. The predicted molar refractivity (Wildman–Crippen MR) is 101 cm³/mol. The molecule has 2 fully saturated rings. The van der Waals surface area contributed by atoms with Crippen LogP contribution >= 0.6 is 0 Å². The molecule has 2 aliphatic rings. The summed E-state index contributed by atoms with van der Waals surface area (Å²) in [6, 6.07) is 0. The smallest absolute Gasteiger partial charge is 0.333 e. The maximum Gasteiger partial charge on any atom is 0.333 e. The second-order valence-electron chi connectivity index (χ2n) is 8.15. The molecule has 0 aromatic carbocycles. The Morgan fingerprint density at radius 1 is 0.958 bits per heavy atom. The van der Waals surface area contributed by atoms with E-state index in [4.69, 9.17) is 4.74 Å². The molecule has 0 bridgehead atoms. The molecule has 0 aromatic rings. The van der Waals surface area contributed by atoms with Crippen LogP contribution in [0.4, 0.5) is 0 Å². The first-order valence-corrected chi connectivity index (χ1v) is 10.6. The van der Waals surface area contributed by atoms with E-state index in [0.717, 1.165) is 24.3 Å². The minimum Gasteiger partial charge on any atom is -0.459 e. The number of carbonyl (C=O) groups excluding carboxylic acids is 1. The quantitative estimate of drug-likeness (QED) is 0.405. The summed E-state index contributed by atoms with van der Waals surface area (Å²) in [5.74, 6) is 1.46. The van der Waals surface area contributed by atoms with Crippen molar-refractivity contribution in [2.24, 2.45) is 11.8 Å². The van der Waals surface area contributed by atoms with E-state index in [2.05, 4.69) is 13.0 Å². The van der Waals surface area contributed by atoms with Crippen molar-refractivity contribution in [2.75, 3.05) is 0 Å². The van der Waals surface area contributed by atoms with Crippen molar-refractivity contribution < 1.29 is 9.53 Å².